The van der Waals surface area contributed by atoms with Gasteiger partial charge in [-0.2, -0.15) is 0 Å². The van der Waals surface area contributed by atoms with E-state index in [1.54, 1.807) is 18.2 Å². The van der Waals surface area contributed by atoms with Crippen LogP contribution >= 0.6 is 15.9 Å². The van der Waals surface area contributed by atoms with Crippen molar-refractivity contribution in [1.82, 2.24) is 0 Å². The van der Waals surface area contributed by atoms with Gasteiger partial charge in [0.2, 0.25) is 0 Å². The van der Waals surface area contributed by atoms with Crippen LogP contribution in [0.3, 0.4) is 0 Å². The smallest absolute Gasteiger partial charge is 0.338 e. The first-order valence-corrected chi connectivity index (χ1v) is 6.26. The van der Waals surface area contributed by atoms with E-state index in [-0.39, 0.29) is 5.97 Å². The lowest BCUT2D eigenvalue weighted by Gasteiger charge is -2.09. The van der Waals surface area contributed by atoms with Crippen LogP contribution in [0.25, 0.3) is 0 Å². The SMILES string of the molecule is Nc1ccc(C(=O)OCC2CCOC2)cc1Br. The van der Waals surface area contributed by atoms with E-state index in [1.807, 2.05) is 0 Å². The highest BCUT2D eigenvalue weighted by Gasteiger charge is 2.18. The monoisotopic (exact) mass is 299 g/mol. The van der Waals surface area contributed by atoms with Gasteiger partial charge in [-0.25, -0.2) is 4.79 Å². The molecule has 0 spiro atoms. The Bertz CT molecular complexity index is 416. The molecule has 1 fully saturated rings. The maximum atomic E-state index is 11.7. The molecule has 0 aromatic heterocycles. The Labute approximate surface area is 108 Å². The van der Waals surface area contributed by atoms with Crippen molar-refractivity contribution in [2.24, 2.45) is 5.92 Å². The summed E-state index contributed by atoms with van der Waals surface area (Å²) in [6, 6.07) is 5.01. The second-order valence-electron chi connectivity index (χ2n) is 4.06. The number of esters is 1. The topological polar surface area (TPSA) is 61.6 Å². The zero-order valence-electron chi connectivity index (χ0n) is 9.32. The molecule has 2 N–H and O–H groups in total. The Morgan fingerprint density at radius 2 is 2.41 bits per heavy atom. The molecule has 0 amide bonds. The number of benzene rings is 1. The molecule has 1 atom stereocenters. The van der Waals surface area contributed by atoms with Gasteiger partial charge in [-0.1, -0.05) is 0 Å². The molecule has 2 rings (SSSR count). The summed E-state index contributed by atoms with van der Waals surface area (Å²) in [5, 5.41) is 0. The number of carbonyl (C=O) groups excluding carboxylic acids is 1. The van der Waals surface area contributed by atoms with Crippen LogP contribution in [0, 0.1) is 5.92 Å². The lowest BCUT2D eigenvalue weighted by molar-refractivity contribution is 0.0428. The van der Waals surface area contributed by atoms with Crippen molar-refractivity contribution in [3.63, 3.8) is 0 Å². The number of rotatable bonds is 3. The summed E-state index contributed by atoms with van der Waals surface area (Å²) in [6.45, 7) is 1.86. The van der Waals surface area contributed by atoms with E-state index in [4.69, 9.17) is 15.2 Å². The molecule has 0 aliphatic carbocycles. The van der Waals surface area contributed by atoms with Gasteiger partial charge in [0.25, 0.3) is 0 Å². The molecule has 0 bridgehead atoms. The highest BCUT2D eigenvalue weighted by molar-refractivity contribution is 9.10. The molecular weight excluding hydrogens is 286 g/mol. The first-order valence-electron chi connectivity index (χ1n) is 5.46. The maximum Gasteiger partial charge on any atom is 0.338 e. The predicted octanol–water partition coefficient (Wildman–Crippen LogP) is 2.22. The number of nitrogens with two attached hydrogens (primary N) is 1. The number of hydrogen-bond acceptors (Lipinski definition) is 4. The summed E-state index contributed by atoms with van der Waals surface area (Å²) in [7, 11) is 0. The second-order valence-corrected chi connectivity index (χ2v) is 4.92. The van der Waals surface area contributed by atoms with Gasteiger partial charge in [0.1, 0.15) is 0 Å². The third-order valence-corrected chi connectivity index (χ3v) is 3.40. The van der Waals surface area contributed by atoms with Crippen molar-refractivity contribution < 1.29 is 14.3 Å². The van der Waals surface area contributed by atoms with Gasteiger partial charge >= 0.3 is 5.97 Å². The predicted molar refractivity (Wildman–Crippen MR) is 67.8 cm³/mol. The number of carbonyl (C=O) groups is 1. The molecule has 5 heteroatoms. The van der Waals surface area contributed by atoms with Crippen LogP contribution in [0.1, 0.15) is 16.8 Å². The molecule has 92 valence electrons. The molecule has 0 saturated carbocycles. The molecule has 1 aliphatic heterocycles. The van der Waals surface area contributed by atoms with Crippen LogP contribution in [0.5, 0.6) is 0 Å². The van der Waals surface area contributed by atoms with Gasteiger partial charge in [-0.15, -0.1) is 0 Å². The minimum absolute atomic E-state index is 0.322. The summed E-state index contributed by atoms with van der Waals surface area (Å²) in [5.41, 5.74) is 6.75. The number of hydrogen-bond donors (Lipinski definition) is 1. The normalized spacial score (nSPS) is 19.2. The molecule has 1 unspecified atom stereocenters. The summed E-state index contributed by atoms with van der Waals surface area (Å²) in [6.07, 6.45) is 0.957. The zero-order chi connectivity index (χ0) is 12.3. The molecule has 17 heavy (non-hydrogen) atoms. The van der Waals surface area contributed by atoms with Crippen molar-refractivity contribution in [2.75, 3.05) is 25.6 Å². The first kappa shape index (κ1) is 12.4. The average Bonchev–Trinajstić information content (AvgIpc) is 2.82. The highest BCUT2D eigenvalue weighted by atomic mass is 79.9. The van der Waals surface area contributed by atoms with E-state index in [9.17, 15) is 4.79 Å². The zero-order valence-corrected chi connectivity index (χ0v) is 10.9. The van der Waals surface area contributed by atoms with E-state index < -0.39 is 0 Å². The fourth-order valence-electron chi connectivity index (χ4n) is 1.65. The maximum absolute atomic E-state index is 11.7. The van der Waals surface area contributed by atoms with Gasteiger partial charge in [-0.3, -0.25) is 0 Å². The molecule has 1 heterocycles. The van der Waals surface area contributed by atoms with Gasteiger partial charge in [-0.05, 0) is 40.5 Å². The van der Waals surface area contributed by atoms with Crippen molar-refractivity contribution in [2.45, 2.75) is 6.42 Å². The van der Waals surface area contributed by atoms with Crippen LogP contribution in [0.15, 0.2) is 22.7 Å². The largest absolute Gasteiger partial charge is 0.462 e. The molecule has 4 nitrogen and oxygen atoms in total. The van der Waals surface area contributed by atoms with Crippen LogP contribution < -0.4 is 5.73 Å². The minimum atomic E-state index is -0.322. The van der Waals surface area contributed by atoms with E-state index in [0.717, 1.165) is 13.0 Å². The third-order valence-electron chi connectivity index (χ3n) is 2.71. The molecule has 1 aromatic rings. The molecule has 1 aliphatic rings. The fourth-order valence-corrected chi connectivity index (χ4v) is 2.02. The van der Waals surface area contributed by atoms with Gasteiger partial charge in [0, 0.05) is 22.7 Å². The number of ether oxygens (including phenoxy) is 2. The Balaban J connectivity index is 1.92. The van der Waals surface area contributed by atoms with Gasteiger partial charge in [0.05, 0.1) is 18.8 Å². The van der Waals surface area contributed by atoms with Crippen molar-refractivity contribution in [1.29, 1.82) is 0 Å². The summed E-state index contributed by atoms with van der Waals surface area (Å²) < 4.78 is 11.1. The quantitative estimate of drug-likeness (QED) is 0.687. The van der Waals surface area contributed by atoms with Crippen molar-refractivity contribution in [3.05, 3.63) is 28.2 Å². The van der Waals surface area contributed by atoms with E-state index >= 15 is 0 Å². The lowest BCUT2D eigenvalue weighted by atomic mass is 10.1. The molecular formula is C12H14BrNO3. The third kappa shape index (κ3) is 3.20. The van der Waals surface area contributed by atoms with Gasteiger partial charge < -0.3 is 15.2 Å². The van der Waals surface area contributed by atoms with Crippen LogP contribution in [-0.4, -0.2) is 25.8 Å². The second kappa shape index (κ2) is 5.51. The van der Waals surface area contributed by atoms with E-state index in [0.29, 0.717) is 34.9 Å². The summed E-state index contributed by atoms with van der Waals surface area (Å²) in [5.74, 6) is 0.00812. The summed E-state index contributed by atoms with van der Waals surface area (Å²) in [4.78, 5) is 11.7. The van der Waals surface area contributed by atoms with E-state index in [1.165, 1.54) is 0 Å². The van der Waals surface area contributed by atoms with Crippen molar-refractivity contribution >= 4 is 27.6 Å². The Hall–Kier alpha value is -1.07. The number of anilines is 1. The summed E-state index contributed by atoms with van der Waals surface area (Å²) >= 11 is 3.28. The average molecular weight is 300 g/mol. The van der Waals surface area contributed by atoms with Gasteiger partial charge in [0.15, 0.2) is 0 Å². The standard InChI is InChI=1S/C12H14BrNO3/c13-10-5-9(1-2-11(10)14)12(15)17-7-8-3-4-16-6-8/h1-2,5,8H,3-4,6-7,14H2. The Morgan fingerprint density at radius 3 is 3.06 bits per heavy atom. The van der Waals surface area contributed by atoms with Crippen LogP contribution in [0.2, 0.25) is 0 Å². The fraction of sp³-hybridized carbons (Fsp3) is 0.417. The first-order chi connectivity index (χ1) is 8.16. The lowest BCUT2D eigenvalue weighted by Crippen LogP contribution is -2.14. The Morgan fingerprint density at radius 1 is 1.59 bits per heavy atom. The molecule has 0 radical (unpaired) electrons. The molecule has 1 aromatic carbocycles. The van der Waals surface area contributed by atoms with Crippen LogP contribution in [-0.2, 0) is 9.47 Å². The van der Waals surface area contributed by atoms with Crippen LogP contribution in [0.4, 0.5) is 5.69 Å². The van der Waals surface area contributed by atoms with E-state index in [2.05, 4.69) is 15.9 Å². The Kier molecular flexibility index (Phi) is 4.02. The number of halogens is 1. The minimum Gasteiger partial charge on any atom is -0.462 e. The number of nitrogen functional groups attached to an aromatic ring is 1. The highest BCUT2D eigenvalue weighted by Crippen LogP contribution is 2.21. The molecule has 1 saturated heterocycles. The van der Waals surface area contributed by atoms with Crippen molar-refractivity contribution in [3.8, 4) is 0 Å².